The average molecular weight is 361 g/mol. The minimum atomic E-state index is -0.884. The first kappa shape index (κ1) is 16.4. The number of para-hydroxylation sites is 1. The van der Waals surface area contributed by atoms with Crippen molar-refractivity contribution in [3.63, 3.8) is 0 Å². The van der Waals surface area contributed by atoms with Crippen LogP contribution in [-0.4, -0.2) is 35.2 Å². The molecule has 27 heavy (non-hydrogen) atoms. The molecule has 5 heteroatoms. The van der Waals surface area contributed by atoms with Crippen molar-refractivity contribution in [3.05, 3.63) is 77.9 Å². The highest BCUT2D eigenvalue weighted by molar-refractivity contribution is 6.23. The molecule has 136 valence electrons. The topological polar surface area (TPSA) is 66.8 Å². The number of carbonyl (C=O) groups excluding carboxylic acids is 2. The number of ether oxygens (including phenoxy) is 1. The first-order chi connectivity index (χ1) is 13.1. The van der Waals surface area contributed by atoms with Crippen LogP contribution in [0.4, 0.5) is 5.69 Å². The lowest BCUT2D eigenvalue weighted by molar-refractivity contribution is -0.126. The Morgan fingerprint density at radius 1 is 0.963 bits per heavy atom. The van der Waals surface area contributed by atoms with E-state index in [9.17, 15) is 14.7 Å². The molecule has 4 atom stereocenters. The average Bonchev–Trinajstić information content (AvgIpc) is 3.30. The van der Waals surface area contributed by atoms with E-state index in [1.165, 1.54) is 4.90 Å². The monoisotopic (exact) mass is 361 g/mol. The van der Waals surface area contributed by atoms with Gasteiger partial charge in [-0.05, 0) is 29.3 Å². The number of anilines is 1. The summed E-state index contributed by atoms with van der Waals surface area (Å²) in [5.41, 5.74) is 1.43. The van der Waals surface area contributed by atoms with Crippen LogP contribution in [0, 0.1) is 11.8 Å². The summed E-state index contributed by atoms with van der Waals surface area (Å²) >= 11 is 0. The number of hydrogen-bond donors (Lipinski definition) is 1. The Bertz CT molecular complexity index is 939. The predicted molar refractivity (Wildman–Crippen MR) is 98.8 cm³/mol. The molecule has 3 aliphatic heterocycles. The van der Waals surface area contributed by atoms with Crippen LogP contribution in [-0.2, 0) is 20.7 Å². The molecule has 2 fully saturated rings. The fraction of sp³-hybridized carbons (Fsp3) is 0.273. The van der Waals surface area contributed by atoms with Crippen molar-refractivity contribution in [1.82, 2.24) is 0 Å². The standard InChI is InChI=1S/C22H19NO4/c24-13-15-12-22(11-14-7-3-1-4-8-14)18-17(19(15)27-22)20(25)23(21(18)26)16-9-5-2-6-10-16/h1-10,12,17-19,24H,11,13H2. The number of carbonyl (C=O) groups is 2. The van der Waals surface area contributed by atoms with Crippen molar-refractivity contribution in [3.8, 4) is 0 Å². The molecule has 0 saturated carbocycles. The maximum Gasteiger partial charge on any atom is 0.241 e. The SMILES string of the molecule is O=C1C2C3OC(Cc4ccccc4)(C=C3CO)C2C(=O)N1c1ccccc1. The van der Waals surface area contributed by atoms with Crippen LogP contribution in [0.25, 0.3) is 0 Å². The van der Waals surface area contributed by atoms with E-state index in [4.69, 9.17) is 4.74 Å². The molecule has 2 aromatic carbocycles. The number of amides is 2. The van der Waals surface area contributed by atoms with Crippen molar-refractivity contribution in [1.29, 1.82) is 0 Å². The van der Waals surface area contributed by atoms with Gasteiger partial charge < -0.3 is 9.84 Å². The third-order valence-corrected chi connectivity index (χ3v) is 5.87. The number of aliphatic hydroxyl groups is 1. The summed E-state index contributed by atoms with van der Waals surface area (Å²) < 4.78 is 6.24. The van der Waals surface area contributed by atoms with Gasteiger partial charge in [0.25, 0.3) is 0 Å². The van der Waals surface area contributed by atoms with Crippen LogP contribution >= 0.6 is 0 Å². The molecule has 0 aliphatic carbocycles. The molecular weight excluding hydrogens is 342 g/mol. The number of rotatable bonds is 4. The molecule has 0 spiro atoms. The summed E-state index contributed by atoms with van der Waals surface area (Å²) in [5.74, 6) is -1.60. The zero-order valence-corrected chi connectivity index (χ0v) is 14.6. The molecule has 5 nitrogen and oxygen atoms in total. The minimum Gasteiger partial charge on any atom is -0.392 e. The Morgan fingerprint density at radius 2 is 1.63 bits per heavy atom. The normalized spacial score (nSPS) is 31.4. The molecule has 4 unspecified atom stereocenters. The summed E-state index contributed by atoms with van der Waals surface area (Å²) in [6.07, 6.45) is 1.84. The van der Waals surface area contributed by atoms with Gasteiger partial charge in [0.05, 0.1) is 30.2 Å². The third kappa shape index (κ3) is 2.25. The summed E-state index contributed by atoms with van der Waals surface area (Å²) in [6.45, 7) is -0.169. The number of aliphatic hydroxyl groups excluding tert-OH is 1. The van der Waals surface area contributed by atoms with E-state index in [0.29, 0.717) is 17.7 Å². The lowest BCUT2D eigenvalue weighted by Gasteiger charge is -2.29. The minimum absolute atomic E-state index is 0.169. The number of hydrogen-bond acceptors (Lipinski definition) is 4. The maximum atomic E-state index is 13.3. The van der Waals surface area contributed by atoms with E-state index in [1.807, 2.05) is 54.6 Å². The smallest absolute Gasteiger partial charge is 0.241 e. The molecular formula is C22H19NO4. The van der Waals surface area contributed by atoms with Gasteiger partial charge >= 0.3 is 0 Å². The molecule has 1 N–H and O–H groups in total. The Balaban J connectivity index is 1.58. The lowest BCUT2D eigenvalue weighted by Crippen LogP contribution is -2.42. The second-order valence-corrected chi connectivity index (χ2v) is 7.38. The third-order valence-electron chi connectivity index (χ3n) is 5.87. The highest BCUT2D eigenvalue weighted by atomic mass is 16.5. The second kappa shape index (κ2) is 5.87. The molecule has 2 amide bonds. The fourth-order valence-corrected chi connectivity index (χ4v) is 4.80. The van der Waals surface area contributed by atoms with Crippen molar-refractivity contribution in [2.75, 3.05) is 11.5 Å². The maximum absolute atomic E-state index is 13.3. The van der Waals surface area contributed by atoms with Gasteiger partial charge in [-0.1, -0.05) is 48.5 Å². The van der Waals surface area contributed by atoms with Crippen LogP contribution < -0.4 is 4.90 Å². The highest BCUT2D eigenvalue weighted by Crippen LogP contribution is 2.55. The summed E-state index contributed by atoms with van der Waals surface area (Å²) in [7, 11) is 0. The fourth-order valence-electron chi connectivity index (χ4n) is 4.80. The van der Waals surface area contributed by atoms with Gasteiger partial charge in [0.15, 0.2) is 0 Å². The van der Waals surface area contributed by atoms with Crippen LogP contribution in [0.15, 0.2) is 72.3 Å². The number of nitrogens with zero attached hydrogens (tertiary/aromatic N) is 1. The second-order valence-electron chi connectivity index (χ2n) is 7.38. The lowest BCUT2D eigenvalue weighted by atomic mass is 9.72. The quantitative estimate of drug-likeness (QED) is 0.669. The number of fused-ring (bicyclic) bond motifs is 5. The van der Waals surface area contributed by atoms with Gasteiger partial charge in [0, 0.05) is 6.42 Å². The van der Waals surface area contributed by atoms with Gasteiger partial charge in [-0.15, -0.1) is 0 Å². The Morgan fingerprint density at radius 3 is 2.30 bits per heavy atom. The van der Waals surface area contributed by atoms with Crippen LogP contribution in [0.3, 0.4) is 0 Å². The van der Waals surface area contributed by atoms with E-state index in [1.54, 1.807) is 12.1 Å². The van der Waals surface area contributed by atoms with Crippen molar-refractivity contribution in [2.45, 2.75) is 18.1 Å². The summed E-state index contributed by atoms with van der Waals surface area (Å²) in [6, 6.07) is 18.8. The summed E-state index contributed by atoms with van der Waals surface area (Å²) in [5, 5.41) is 9.77. The van der Waals surface area contributed by atoms with Gasteiger partial charge in [-0.2, -0.15) is 0 Å². The number of imide groups is 1. The zero-order chi connectivity index (χ0) is 18.6. The summed E-state index contributed by atoms with van der Waals surface area (Å²) in [4.78, 5) is 27.8. The number of benzene rings is 2. The molecule has 0 aromatic heterocycles. The largest absolute Gasteiger partial charge is 0.392 e. The van der Waals surface area contributed by atoms with E-state index in [0.717, 1.165) is 5.56 Å². The van der Waals surface area contributed by atoms with E-state index in [2.05, 4.69) is 0 Å². The van der Waals surface area contributed by atoms with Crippen molar-refractivity contribution in [2.24, 2.45) is 11.8 Å². The molecule has 2 aromatic rings. The van der Waals surface area contributed by atoms with Crippen LogP contribution in [0.1, 0.15) is 5.56 Å². The van der Waals surface area contributed by atoms with Crippen molar-refractivity contribution >= 4 is 17.5 Å². The molecule has 5 rings (SSSR count). The predicted octanol–water partition coefficient (Wildman–Crippen LogP) is 2.10. The Kier molecular flexibility index (Phi) is 3.57. The van der Waals surface area contributed by atoms with Gasteiger partial charge in [0.2, 0.25) is 11.8 Å². The highest BCUT2D eigenvalue weighted by Gasteiger charge is 2.69. The van der Waals surface area contributed by atoms with E-state index < -0.39 is 23.5 Å². The van der Waals surface area contributed by atoms with Crippen LogP contribution in [0.2, 0.25) is 0 Å². The van der Waals surface area contributed by atoms with Gasteiger partial charge in [-0.25, -0.2) is 4.90 Å². The Hall–Kier alpha value is -2.76. The van der Waals surface area contributed by atoms with Crippen molar-refractivity contribution < 1.29 is 19.4 Å². The molecule has 3 aliphatic rings. The zero-order valence-electron chi connectivity index (χ0n) is 14.6. The molecule has 0 radical (unpaired) electrons. The van der Waals surface area contributed by atoms with E-state index in [-0.39, 0.29) is 18.4 Å². The van der Waals surface area contributed by atoms with E-state index >= 15 is 0 Å². The van der Waals surface area contributed by atoms with Gasteiger partial charge in [0.1, 0.15) is 5.60 Å². The molecule has 3 heterocycles. The first-order valence-corrected chi connectivity index (χ1v) is 9.12. The first-order valence-electron chi connectivity index (χ1n) is 9.12. The Labute approximate surface area is 156 Å². The molecule has 2 saturated heterocycles. The van der Waals surface area contributed by atoms with Gasteiger partial charge in [-0.3, -0.25) is 9.59 Å². The van der Waals surface area contributed by atoms with Crippen LogP contribution in [0.5, 0.6) is 0 Å². The molecule has 2 bridgehead atoms.